The summed E-state index contributed by atoms with van der Waals surface area (Å²) in [6.45, 7) is 1.42. The molecular weight excluding hydrogens is 375 g/mol. The summed E-state index contributed by atoms with van der Waals surface area (Å²) in [6, 6.07) is 11.9. The number of alkyl halides is 3. The molecule has 0 fully saturated rings. The second-order valence-electron chi connectivity index (χ2n) is 6.43. The summed E-state index contributed by atoms with van der Waals surface area (Å²) in [5.74, 6) is -1.38. The summed E-state index contributed by atoms with van der Waals surface area (Å²) in [7, 11) is 0. The van der Waals surface area contributed by atoms with Gasteiger partial charge < -0.3 is 14.8 Å². The van der Waals surface area contributed by atoms with E-state index in [0.717, 1.165) is 17.7 Å². The van der Waals surface area contributed by atoms with E-state index in [1.165, 1.54) is 19.1 Å². The molecule has 1 aliphatic heterocycles. The molecule has 0 saturated carbocycles. The molecule has 148 valence electrons. The van der Waals surface area contributed by atoms with Gasteiger partial charge in [0.2, 0.25) is 0 Å². The number of benzene rings is 2. The number of carbonyl (C=O) groups excluding carboxylic acids is 2. The Kier molecular flexibility index (Phi) is 5.58. The number of halogens is 3. The Morgan fingerprint density at radius 3 is 2.57 bits per heavy atom. The number of anilines is 1. The van der Waals surface area contributed by atoms with Crippen molar-refractivity contribution in [1.82, 2.24) is 0 Å². The molecule has 3 rings (SSSR count). The number of hydrogen-bond donors (Lipinski definition) is 1. The van der Waals surface area contributed by atoms with Gasteiger partial charge in [0.05, 0.1) is 17.2 Å². The van der Waals surface area contributed by atoms with E-state index >= 15 is 0 Å². The summed E-state index contributed by atoms with van der Waals surface area (Å²) < 4.78 is 49.7. The summed E-state index contributed by atoms with van der Waals surface area (Å²) >= 11 is 0. The molecule has 1 aliphatic rings. The molecule has 8 heteroatoms. The fourth-order valence-electron chi connectivity index (χ4n) is 2.88. The largest absolute Gasteiger partial charge is 0.492 e. The van der Waals surface area contributed by atoms with Crippen molar-refractivity contribution in [1.29, 1.82) is 0 Å². The van der Waals surface area contributed by atoms with Crippen molar-refractivity contribution in [3.05, 3.63) is 59.7 Å². The number of hydrogen-bond acceptors (Lipinski definition) is 4. The lowest BCUT2D eigenvalue weighted by Crippen LogP contribution is -2.36. The van der Waals surface area contributed by atoms with Crippen molar-refractivity contribution in [2.24, 2.45) is 5.92 Å². The van der Waals surface area contributed by atoms with Gasteiger partial charge in [-0.25, -0.2) is 0 Å². The smallest absolute Gasteiger partial charge is 0.418 e. The van der Waals surface area contributed by atoms with Crippen LogP contribution in [0.5, 0.6) is 5.75 Å². The van der Waals surface area contributed by atoms with Crippen LogP contribution in [-0.4, -0.2) is 24.6 Å². The molecule has 1 N–H and O–H groups in total. The van der Waals surface area contributed by atoms with Crippen LogP contribution in [0, 0.1) is 5.92 Å². The number of ether oxygens (including phenoxy) is 2. The van der Waals surface area contributed by atoms with Gasteiger partial charge in [-0.1, -0.05) is 30.3 Å². The molecule has 1 amide bonds. The van der Waals surface area contributed by atoms with Gasteiger partial charge in [-0.05, 0) is 37.1 Å². The van der Waals surface area contributed by atoms with E-state index < -0.39 is 41.3 Å². The first kappa shape index (κ1) is 19.7. The highest BCUT2D eigenvalue weighted by Gasteiger charge is 2.34. The van der Waals surface area contributed by atoms with Gasteiger partial charge in [0.1, 0.15) is 12.4 Å². The molecular formula is C20H18F3NO4. The lowest BCUT2D eigenvalue weighted by Gasteiger charge is -2.25. The zero-order valence-corrected chi connectivity index (χ0v) is 15.0. The number of para-hydroxylation sites is 2. The van der Waals surface area contributed by atoms with Gasteiger partial charge in [0.15, 0.2) is 6.10 Å². The topological polar surface area (TPSA) is 64.6 Å². The Morgan fingerprint density at radius 1 is 1.14 bits per heavy atom. The van der Waals surface area contributed by atoms with Crippen LogP contribution in [0.15, 0.2) is 48.5 Å². The molecule has 0 aliphatic carbocycles. The molecule has 0 bridgehead atoms. The fourth-order valence-corrected chi connectivity index (χ4v) is 2.88. The van der Waals surface area contributed by atoms with E-state index in [9.17, 15) is 22.8 Å². The van der Waals surface area contributed by atoms with Gasteiger partial charge >= 0.3 is 12.1 Å². The van der Waals surface area contributed by atoms with Gasteiger partial charge in [0.25, 0.3) is 5.91 Å². The van der Waals surface area contributed by atoms with Crippen LogP contribution in [0.1, 0.15) is 18.1 Å². The van der Waals surface area contributed by atoms with Crippen molar-refractivity contribution in [3.63, 3.8) is 0 Å². The SMILES string of the molecule is CC(OC(=O)C1COc2ccccc2C1)C(=O)Nc1ccccc1C(F)(F)F. The lowest BCUT2D eigenvalue weighted by molar-refractivity contribution is -0.158. The first-order valence-electron chi connectivity index (χ1n) is 8.64. The molecule has 28 heavy (non-hydrogen) atoms. The zero-order chi connectivity index (χ0) is 20.3. The molecule has 0 radical (unpaired) electrons. The van der Waals surface area contributed by atoms with E-state index in [2.05, 4.69) is 5.32 Å². The van der Waals surface area contributed by atoms with Crippen LogP contribution >= 0.6 is 0 Å². The summed E-state index contributed by atoms with van der Waals surface area (Å²) in [6.07, 6.45) is -5.47. The average molecular weight is 393 g/mol. The molecule has 2 aromatic carbocycles. The van der Waals surface area contributed by atoms with Crippen LogP contribution in [0.4, 0.5) is 18.9 Å². The van der Waals surface area contributed by atoms with Gasteiger partial charge in [-0.2, -0.15) is 13.2 Å². The monoisotopic (exact) mass is 393 g/mol. The first-order chi connectivity index (χ1) is 13.3. The van der Waals surface area contributed by atoms with Gasteiger partial charge in [0, 0.05) is 0 Å². The normalized spacial score (nSPS) is 17.1. The number of carbonyl (C=O) groups is 2. The van der Waals surface area contributed by atoms with Gasteiger partial charge in [-0.15, -0.1) is 0 Å². The van der Waals surface area contributed by atoms with Crippen LogP contribution in [0.2, 0.25) is 0 Å². The van der Waals surface area contributed by atoms with E-state index in [4.69, 9.17) is 9.47 Å². The molecule has 1 heterocycles. The summed E-state index contributed by atoms with van der Waals surface area (Å²) in [5.41, 5.74) is -0.510. The molecule has 2 atom stereocenters. The quantitative estimate of drug-likeness (QED) is 0.802. The second-order valence-corrected chi connectivity index (χ2v) is 6.43. The fraction of sp³-hybridized carbons (Fsp3) is 0.300. The van der Waals surface area contributed by atoms with Crippen LogP contribution in [0.25, 0.3) is 0 Å². The van der Waals surface area contributed by atoms with Crippen LogP contribution in [-0.2, 0) is 26.9 Å². The highest BCUT2D eigenvalue weighted by molar-refractivity contribution is 5.95. The van der Waals surface area contributed by atoms with E-state index in [0.29, 0.717) is 12.2 Å². The van der Waals surface area contributed by atoms with Crippen molar-refractivity contribution in [2.75, 3.05) is 11.9 Å². The number of amides is 1. The predicted molar refractivity (Wildman–Crippen MR) is 94.8 cm³/mol. The molecule has 0 saturated heterocycles. The van der Waals surface area contributed by atoms with Crippen molar-refractivity contribution in [2.45, 2.75) is 25.6 Å². The Hall–Kier alpha value is -3.03. The third kappa shape index (κ3) is 4.44. The summed E-state index contributed by atoms with van der Waals surface area (Å²) in [5, 5.41) is 2.17. The predicted octanol–water partition coefficient (Wildman–Crippen LogP) is 3.83. The van der Waals surface area contributed by atoms with E-state index in [1.807, 2.05) is 18.2 Å². The van der Waals surface area contributed by atoms with Crippen LogP contribution < -0.4 is 10.1 Å². The highest BCUT2D eigenvalue weighted by Crippen LogP contribution is 2.34. The Labute approximate surface area is 159 Å². The Morgan fingerprint density at radius 2 is 1.82 bits per heavy atom. The second kappa shape index (κ2) is 7.92. The number of fused-ring (bicyclic) bond motifs is 1. The Bertz CT molecular complexity index is 882. The number of nitrogens with one attached hydrogen (secondary N) is 1. The maximum Gasteiger partial charge on any atom is 0.418 e. The zero-order valence-electron chi connectivity index (χ0n) is 15.0. The number of esters is 1. The molecule has 2 unspecified atom stereocenters. The lowest BCUT2D eigenvalue weighted by atomic mass is 9.97. The molecule has 0 spiro atoms. The number of rotatable bonds is 4. The van der Waals surface area contributed by atoms with Crippen molar-refractivity contribution >= 4 is 17.6 Å². The minimum absolute atomic E-state index is 0.112. The van der Waals surface area contributed by atoms with Crippen molar-refractivity contribution < 1.29 is 32.2 Å². The van der Waals surface area contributed by atoms with Gasteiger partial charge in [-0.3, -0.25) is 9.59 Å². The highest BCUT2D eigenvalue weighted by atomic mass is 19.4. The maximum absolute atomic E-state index is 13.0. The van der Waals surface area contributed by atoms with E-state index in [1.54, 1.807) is 6.07 Å². The maximum atomic E-state index is 13.0. The third-order valence-corrected chi connectivity index (χ3v) is 4.36. The Balaban J connectivity index is 1.62. The minimum Gasteiger partial charge on any atom is -0.492 e. The first-order valence-corrected chi connectivity index (χ1v) is 8.64. The van der Waals surface area contributed by atoms with Crippen LogP contribution in [0.3, 0.4) is 0 Å². The third-order valence-electron chi connectivity index (χ3n) is 4.36. The van der Waals surface area contributed by atoms with Crippen molar-refractivity contribution in [3.8, 4) is 5.75 Å². The molecule has 2 aromatic rings. The molecule has 0 aromatic heterocycles. The average Bonchev–Trinajstić information content (AvgIpc) is 2.67. The molecule has 5 nitrogen and oxygen atoms in total. The summed E-state index contributed by atoms with van der Waals surface area (Å²) in [4.78, 5) is 24.6. The minimum atomic E-state index is -4.61. The standard InChI is InChI=1S/C20H18F3NO4/c1-12(18(25)24-16-8-4-3-7-15(16)20(21,22)23)28-19(26)14-10-13-6-2-5-9-17(13)27-11-14/h2-9,12,14H,10-11H2,1H3,(H,24,25). The van der Waals surface area contributed by atoms with E-state index in [-0.39, 0.29) is 6.61 Å².